The van der Waals surface area contributed by atoms with Crippen LogP contribution in [0.3, 0.4) is 0 Å². The summed E-state index contributed by atoms with van der Waals surface area (Å²) in [6.07, 6.45) is 5.56. The van der Waals surface area contributed by atoms with Crippen LogP contribution in [0.1, 0.15) is 0 Å². The van der Waals surface area contributed by atoms with Crippen LogP contribution in [-0.2, 0) is 4.74 Å². The minimum absolute atomic E-state index is 0.0956. The Morgan fingerprint density at radius 2 is 1.89 bits per heavy atom. The first kappa shape index (κ1) is 8.71. The zero-order valence-electron chi connectivity index (χ0n) is 6.16. The number of allylic oxidation sites excluding steroid dienone is 2. The molecule has 0 bridgehead atoms. The van der Waals surface area contributed by atoms with Crippen molar-refractivity contribution in [3.63, 3.8) is 0 Å². The normalized spacial score (nSPS) is 12.0. The minimum atomic E-state index is 0.0956. The molecule has 0 radical (unpaired) electrons. The van der Waals surface area contributed by atoms with E-state index >= 15 is 0 Å². The molecule has 0 aromatic rings. The molecule has 0 saturated carbocycles. The molecule has 0 aromatic heterocycles. The number of methoxy groups -OCH3 is 1. The molecule has 0 aliphatic carbocycles. The second kappa shape index (κ2) is 5.84. The summed E-state index contributed by atoms with van der Waals surface area (Å²) in [7, 11) is 1.74. The first-order valence-corrected chi connectivity index (χ1v) is 5.10. The summed E-state index contributed by atoms with van der Waals surface area (Å²) >= 11 is 0. The number of ether oxygens (including phenoxy) is 1. The average Bonchev–Trinajstić information content (AvgIpc) is 1.80. The van der Waals surface area contributed by atoms with Crippen LogP contribution in [0.5, 0.6) is 0 Å². The fourth-order valence-electron chi connectivity index (χ4n) is 0.346. The van der Waals surface area contributed by atoms with Crippen LogP contribution in [0.25, 0.3) is 0 Å². The Morgan fingerprint density at radius 3 is 2.33 bits per heavy atom. The molecule has 52 valence electrons. The first-order chi connectivity index (χ1) is 4.27. The van der Waals surface area contributed by atoms with Crippen molar-refractivity contribution >= 4 is 7.92 Å². The molecule has 9 heavy (non-hydrogen) atoms. The standard InChI is InChI=1S/C7H13OP/c1-8-6-4-5-7-9(2)3/h4-7H,1-3H3/b6-4+,7-5+. The molecule has 0 amide bonds. The lowest BCUT2D eigenvalue weighted by Gasteiger charge is -1.90. The molecular formula is C7H13OP. The van der Waals surface area contributed by atoms with Gasteiger partial charge in [-0.25, -0.2) is 0 Å². The molecule has 2 heteroatoms. The maximum Gasteiger partial charge on any atom is 0.0824 e. The molecule has 0 heterocycles. The molecule has 0 aliphatic heterocycles. The van der Waals surface area contributed by atoms with Crippen molar-refractivity contribution in [1.82, 2.24) is 0 Å². The van der Waals surface area contributed by atoms with Crippen molar-refractivity contribution < 1.29 is 4.74 Å². The molecule has 0 N–H and O–H groups in total. The average molecular weight is 144 g/mol. The van der Waals surface area contributed by atoms with E-state index in [9.17, 15) is 0 Å². The monoisotopic (exact) mass is 144 g/mol. The van der Waals surface area contributed by atoms with E-state index in [0.717, 1.165) is 0 Å². The zero-order chi connectivity index (χ0) is 7.11. The van der Waals surface area contributed by atoms with Crippen LogP contribution in [0, 0.1) is 0 Å². The second-order valence-electron chi connectivity index (χ2n) is 1.87. The van der Waals surface area contributed by atoms with Crippen molar-refractivity contribution in [1.29, 1.82) is 0 Å². The van der Waals surface area contributed by atoms with Gasteiger partial charge in [-0.15, -0.1) is 0 Å². The highest BCUT2D eigenvalue weighted by atomic mass is 31.1. The third-order valence-corrected chi connectivity index (χ3v) is 1.48. The maximum absolute atomic E-state index is 4.70. The lowest BCUT2D eigenvalue weighted by Crippen LogP contribution is -1.61. The number of hydrogen-bond acceptors (Lipinski definition) is 1. The smallest absolute Gasteiger partial charge is 0.0824 e. The molecule has 0 spiro atoms. The van der Waals surface area contributed by atoms with Gasteiger partial charge in [0.25, 0.3) is 0 Å². The van der Waals surface area contributed by atoms with Gasteiger partial charge in [-0.05, 0) is 19.4 Å². The van der Waals surface area contributed by atoms with Crippen molar-refractivity contribution in [2.45, 2.75) is 0 Å². The van der Waals surface area contributed by atoms with Crippen LogP contribution in [0.4, 0.5) is 0 Å². The van der Waals surface area contributed by atoms with Crippen LogP contribution < -0.4 is 0 Å². The van der Waals surface area contributed by atoms with Gasteiger partial charge in [0.05, 0.1) is 13.4 Å². The molecule has 0 unspecified atom stereocenters. The third-order valence-electron chi connectivity index (χ3n) is 0.710. The highest BCUT2D eigenvalue weighted by Crippen LogP contribution is 2.25. The Labute approximate surface area is 58.2 Å². The van der Waals surface area contributed by atoms with Gasteiger partial charge >= 0.3 is 0 Å². The molecule has 0 rings (SSSR count). The van der Waals surface area contributed by atoms with Gasteiger partial charge < -0.3 is 4.74 Å². The van der Waals surface area contributed by atoms with Gasteiger partial charge in [-0.2, -0.15) is 0 Å². The Kier molecular flexibility index (Phi) is 5.65. The second-order valence-corrected chi connectivity index (χ2v) is 4.09. The maximum atomic E-state index is 4.70. The van der Waals surface area contributed by atoms with Crippen LogP contribution in [0.2, 0.25) is 0 Å². The van der Waals surface area contributed by atoms with Crippen molar-refractivity contribution in [3.8, 4) is 0 Å². The predicted molar refractivity (Wildman–Crippen MR) is 44.1 cm³/mol. The van der Waals surface area contributed by atoms with Gasteiger partial charge in [0.2, 0.25) is 0 Å². The largest absolute Gasteiger partial charge is 0.504 e. The van der Waals surface area contributed by atoms with Crippen molar-refractivity contribution in [2.75, 3.05) is 20.4 Å². The summed E-state index contributed by atoms with van der Waals surface area (Å²) in [5.74, 6) is 2.17. The number of hydrogen-bond donors (Lipinski definition) is 0. The van der Waals surface area contributed by atoms with E-state index in [-0.39, 0.29) is 7.92 Å². The summed E-state index contributed by atoms with van der Waals surface area (Å²) < 4.78 is 4.70. The van der Waals surface area contributed by atoms with Gasteiger partial charge in [0.1, 0.15) is 0 Å². The van der Waals surface area contributed by atoms with Gasteiger partial charge in [0.15, 0.2) is 0 Å². The Bertz CT molecular complexity index is 105. The molecule has 0 aliphatic rings. The van der Waals surface area contributed by atoms with E-state index in [1.165, 1.54) is 0 Å². The summed E-state index contributed by atoms with van der Waals surface area (Å²) in [5.41, 5.74) is 0. The minimum Gasteiger partial charge on any atom is -0.504 e. The van der Waals surface area contributed by atoms with Gasteiger partial charge in [-0.1, -0.05) is 19.8 Å². The molecular weight excluding hydrogens is 131 g/mol. The van der Waals surface area contributed by atoms with Gasteiger partial charge in [0, 0.05) is 0 Å². The lowest BCUT2D eigenvalue weighted by molar-refractivity contribution is 0.338. The highest BCUT2D eigenvalue weighted by Gasteiger charge is 1.76. The predicted octanol–water partition coefficient (Wildman–Crippen LogP) is 2.40. The Morgan fingerprint density at radius 1 is 1.22 bits per heavy atom. The van der Waals surface area contributed by atoms with Crippen molar-refractivity contribution in [2.24, 2.45) is 0 Å². The van der Waals surface area contributed by atoms with E-state index in [4.69, 9.17) is 4.74 Å². The van der Waals surface area contributed by atoms with E-state index in [0.29, 0.717) is 0 Å². The lowest BCUT2D eigenvalue weighted by atomic mass is 10.6. The van der Waals surface area contributed by atoms with Crippen LogP contribution in [-0.4, -0.2) is 20.4 Å². The Hall–Kier alpha value is -0.290. The summed E-state index contributed by atoms with van der Waals surface area (Å²) in [6.45, 7) is 4.40. The molecule has 0 saturated heterocycles. The van der Waals surface area contributed by atoms with E-state index < -0.39 is 0 Å². The van der Waals surface area contributed by atoms with Gasteiger partial charge in [-0.3, -0.25) is 0 Å². The van der Waals surface area contributed by atoms with Crippen molar-refractivity contribution in [3.05, 3.63) is 24.2 Å². The first-order valence-electron chi connectivity index (χ1n) is 2.80. The summed E-state index contributed by atoms with van der Waals surface area (Å²) in [5, 5.41) is 0. The quantitative estimate of drug-likeness (QED) is 0.335. The Balaban J connectivity index is 3.35. The van der Waals surface area contributed by atoms with Crippen LogP contribution in [0.15, 0.2) is 24.2 Å². The van der Waals surface area contributed by atoms with E-state index in [1.54, 1.807) is 13.4 Å². The molecule has 0 fully saturated rings. The molecule has 1 nitrogen and oxygen atoms in total. The summed E-state index contributed by atoms with van der Waals surface area (Å²) in [6, 6.07) is 0. The molecule has 0 aromatic carbocycles. The SMILES string of the molecule is CO/C=C/C=C/P(C)C. The topological polar surface area (TPSA) is 9.23 Å². The number of rotatable bonds is 3. The van der Waals surface area contributed by atoms with Crippen LogP contribution >= 0.6 is 7.92 Å². The highest BCUT2D eigenvalue weighted by molar-refractivity contribution is 7.59. The molecule has 0 atom stereocenters. The van der Waals surface area contributed by atoms with E-state index in [2.05, 4.69) is 19.1 Å². The fourth-order valence-corrected chi connectivity index (χ4v) is 0.789. The third kappa shape index (κ3) is 7.71. The summed E-state index contributed by atoms with van der Waals surface area (Å²) in [4.78, 5) is 0. The fraction of sp³-hybridized carbons (Fsp3) is 0.429. The zero-order valence-corrected chi connectivity index (χ0v) is 7.06. The van der Waals surface area contributed by atoms with E-state index in [1.807, 2.05) is 12.2 Å².